The van der Waals surface area contributed by atoms with Crippen molar-refractivity contribution in [3.8, 4) is 0 Å². The number of rotatable bonds is 4. The highest BCUT2D eigenvalue weighted by Crippen LogP contribution is 2.35. The zero-order valence-electron chi connectivity index (χ0n) is 10.3. The molecular formula is C13H15BrN2O3. The minimum atomic E-state index is -0.888. The zero-order valence-corrected chi connectivity index (χ0v) is 11.9. The Balaban J connectivity index is 1.97. The number of hydrogen-bond acceptors (Lipinski definition) is 2. The third-order valence-electron chi connectivity index (χ3n) is 3.30. The van der Waals surface area contributed by atoms with Crippen LogP contribution in [0.4, 0.5) is 10.5 Å². The molecule has 2 amide bonds. The van der Waals surface area contributed by atoms with E-state index in [1.54, 1.807) is 6.07 Å². The first-order valence-corrected chi connectivity index (χ1v) is 6.86. The first-order chi connectivity index (χ1) is 9.01. The number of urea groups is 1. The van der Waals surface area contributed by atoms with E-state index in [4.69, 9.17) is 5.11 Å². The van der Waals surface area contributed by atoms with E-state index < -0.39 is 11.5 Å². The minimum Gasteiger partial charge on any atom is -0.481 e. The summed E-state index contributed by atoms with van der Waals surface area (Å²) in [5.41, 5.74) is 0.0711. The second-order valence-corrected chi connectivity index (χ2v) is 5.62. The lowest BCUT2D eigenvalue weighted by molar-refractivity contribution is -0.139. The van der Waals surface area contributed by atoms with Crippen LogP contribution in [-0.2, 0) is 4.79 Å². The van der Waals surface area contributed by atoms with Gasteiger partial charge in [0.2, 0.25) is 0 Å². The van der Waals surface area contributed by atoms with Crippen LogP contribution < -0.4 is 10.6 Å². The van der Waals surface area contributed by atoms with Gasteiger partial charge in [-0.2, -0.15) is 0 Å². The lowest BCUT2D eigenvalue weighted by atomic mass is 9.74. The van der Waals surface area contributed by atoms with Crippen molar-refractivity contribution in [1.29, 1.82) is 0 Å². The lowest BCUT2D eigenvalue weighted by Crippen LogP contribution is -2.55. The van der Waals surface area contributed by atoms with E-state index in [0.717, 1.165) is 10.9 Å². The number of benzene rings is 1. The smallest absolute Gasteiger partial charge is 0.319 e. The molecule has 1 aromatic carbocycles. The minimum absolute atomic E-state index is 0.0314. The molecule has 0 unspecified atom stereocenters. The summed E-state index contributed by atoms with van der Waals surface area (Å²) in [5, 5.41) is 14.4. The largest absolute Gasteiger partial charge is 0.481 e. The van der Waals surface area contributed by atoms with Crippen molar-refractivity contribution in [2.24, 2.45) is 0 Å². The second kappa shape index (κ2) is 5.61. The Morgan fingerprint density at radius 3 is 2.53 bits per heavy atom. The number of halogens is 1. The Bertz CT molecular complexity index is 500. The van der Waals surface area contributed by atoms with Gasteiger partial charge in [0.1, 0.15) is 0 Å². The van der Waals surface area contributed by atoms with Gasteiger partial charge in [0.05, 0.1) is 17.6 Å². The van der Waals surface area contributed by atoms with Crippen LogP contribution in [0.3, 0.4) is 0 Å². The number of aliphatic carboxylic acids is 1. The molecule has 0 aliphatic heterocycles. The van der Waals surface area contributed by atoms with Crippen molar-refractivity contribution in [3.63, 3.8) is 0 Å². The number of carbonyl (C=O) groups is 2. The van der Waals surface area contributed by atoms with E-state index in [1.807, 2.05) is 18.2 Å². The average Bonchev–Trinajstić information content (AvgIpc) is 2.28. The molecule has 1 aliphatic carbocycles. The van der Waals surface area contributed by atoms with Gasteiger partial charge in [-0.1, -0.05) is 12.1 Å². The third kappa shape index (κ3) is 3.47. The van der Waals surface area contributed by atoms with Gasteiger partial charge in [0.15, 0.2) is 0 Å². The molecule has 1 saturated carbocycles. The molecule has 0 bridgehead atoms. The number of anilines is 1. The number of carboxylic acids is 1. The maximum atomic E-state index is 11.9. The van der Waals surface area contributed by atoms with Gasteiger partial charge in [-0.25, -0.2) is 4.79 Å². The number of carboxylic acid groups (broad SMARTS) is 1. The van der Waals surface area contributed by atoms with Crippen molar-refractivity contribution in [1.82, 2.24) is 5.32 Å². The maximum absolute atomic E-state index is 11.9. The predicted molar refractivity (Wildman–Crippen MR) is 75.1 cm³/mol. The highest BCUT2D eigenvalue weighted by Gasteiger charge is 2.40. The van der Waals surface area contributed by atoms with Crippen molar-refractivity contribution in [3.05, 3.63) is 28.7 Å². The van der Waals surface area contributed by atoms with Crippen LogP contribution in [0.15, 0.2) is 28.7 Å². The molecule has 2 rings (SSSR count). The van der Waals surface area contributed by atoms with E-state index >= 15 is 0 Å². The second-order valence-electron chi connectivity index (χ2n) is 4.76. The van der Waals surface area contributed by atoms with Crippen LogP contribution in [0.1, 0.15) is 25.7 Å². The fourth-order valence-corrected chi connectivity index (χ4v) is 2.58. The Kier molecular flexibility index (Phi) is 4.09. The molecule has 3 N–H and O–H groups in total. The number of hydrogen-bond donors (Lipinski definition) is 3. The topological polar surface area (TPSA) is 78.4 Å². The van der Waals surface area contributed by atoms with E-state index in [1.165, 1.54) is 0 Å². The van der Waals surface area contributed by atoms with Gasteiger partial charge in [0, 0.05) is 4.47 Å². The molecule has 19 heavy (non-hydrogen) atoms. The molecule has 6 heteroatoms. The summed E-state index contributed by atoms with van der Waals surface area (Å²) in [4.78, 5) is 22.7. The van der Waals surface area contributed by atoms with E-state index in [-0.39, 0.29) is 12.5 Å². The number of para-hydroxylation sites is 1. The standard InChI is InChI=1S/C13H15BrN2O3/c14-9-4-1-2-5-10(9)15-12(19)16-13(6-3-7-13)8-11(17)18/h1-2,4-5H,3,6-8H2,(H,17,18)(H2,15,16,19). The molecule has 102 valence electrons. The molecule has 1 aliphatic rings. The van der Waals surface area contributed by atoms with Gasteiger partial charge in [-0.05, 0) is 47.3 Å². The van der Waals surface area contributed by atoms with Gasteiger partial charge < -0.3 is 15.7 Å². The lowest BCUT2D eigenvalue weighted by Gasteiger charge is -2.41. The van der Waals surface area contributed by atoms with Gasteiger partial charge >= 0.3 is 12.0 Å². The Hall–Kier alpha value is -1.56. The highest BCUT2D eigenvalue weighted by molar-refractivity contribution is 9.10. The van der Waals surface area contributed by atoms with E-state index in [0.29, 0.717) is 18.5 Å². The summed E-state index contributed by atoms with van der Waals surface area (Å²) in [6.07, 6.45) is 2.34. The monoisotopic (exact) mass is 326 g/mol. The first-order valence-electron chi connectivity index (χ1n) is 6.06. The molecule has 1 aromatic rings. The molecule has 0 spiro atoms. The van der Waals surface area contributed by atoms with Crippen LogP contribution in [0.25, 0.3) is 0 Å². The summed E-state index contributed by atoms with van der Waals surface area (Å²) in [5.74, 6) is -0.888. The normalized spacial score (nSPS) is 16.3. The fourth-order valence-electron chi connectivity index (χ4n) is 2.20. The summed E-state index contributed by atoms with van der Waals surface area (Å²) < 4.78 is 0.783. The van der Waals surface area contributed by atoms with Crippen LogP contribution in [0.2, 0.25) is 0 Å². The predicted octanol–water partition coefficient (Wildman–Crippen LogP) is 2.97. The summed E-state index contributed by atoms with van der Waals surface area (Å²) >= 11 is 3.34. The van der Waals surface area contributed by atoms with Crippen LogP contribution >= 0.6 is 15.9 Å². The van der Waals surface area contributed by atoms with E-state index in [2.05, 4.69) is 26.6 Å². The number of carbonyl (C=O) groups excluding carboxylic acids is 1. The van der Waals surface area contributed by atoms with Crippen molar-refractivity contribution in [2.75, 3.05) is 5.32 Å². The number of amides is 2. The van der Waals surface area contributed by atoms with Crippen LogP contribution in [0, 0.1) is 0 Å². The quantitative estimate of drug-likeness (QED) is 0.795. The Labute approximate surface area is 119 Å². The van der Waals surface area contributed by atoms with Crippen LogP contribution in [-0.4, -0.2) is 22.6 Å². The van der Waals surface area contributed by atoms with E-state index in [9.17, 15) is 9.59 Å². The van der Waals surface area contributed by atoms with Gasteiger partial charge in [0.25, 0.3) is 0 Å². The van der Waals surface area contributed by atoms with Crippen molar-refractivity contribution < 1.29 is 14.7 Å². The highest BCUT2D eigenvalue weighted by atomic mass is 79.9. The Morgan fingerprint density at radius 1 is 1.32 bits per heavy atom. The average molecular weight is 327 g/mol. The summed E-state index contributed by atoms with van der Waals surface area (Å²) in [6, 6.07) is 6.90. The molecule has 0 aromatic heterocycles. The summed E-state index contributed by atoms with van der Waals surface area (Å²) in [7, 11) is 0. The maximum Gasteiger partial charge on any atom is 0.319 e. The molecule has 0 radical (unpaired) electrons. The molecule has 0 saturated heterocycles. The zero-order chi connectivity index (χ0) is 13.9. The molecular weight excluding hydrogens is 312 g/mol. The SMILES string of the molecule is O=C(O)CC1(NC(=O)Nc2ccccc2Br)CCC1. The summed E-state index contributed by atoms with van der Waals surface area (Å²) in [6.45, 7) is 0. The van der Waals surface area contributed by atoms with Gasteiger partial charge in [-0.3, -0.25) is 4.79 Å². The number of nitrogens with one attached hydrogen (secondary N) is 2. The van der Waals surface area contributed by atoms with Crippen molar-refractivity contribution in [2.45, 2.75) is 31.2 Å². The third-order valence-corrected chi connectivity index (χ3v) is 3.99. The first kappa shape index (κ1) is 13.9. The molecule has 1 fully saturated rings. The molecule has 5 nitrogen and oxygen atoms in total. The fraction of sp³-hybridized carbons (Fsp3) is 0.385. The van der Waals surface area contributed by atoms with Gasteiger partial charge in [-0.15, -0.1) is 0 Å². The molecule has 0 atom stereocenters. The Morgan fingerprint density at radius 2 is 2.00 bits per heavy atom. The van der Waals surface area contributed by atoms with Crippen LogP contribution in [0.5, 0.6) is 0 Å². The molecule has 0 heterocycles. The van der Waals surface area contributed by atoms with Crippen molar-refractivity contribution >= 4 is 33.6 Å².